The van der Waals surface area contributed by atoms with Crippen molar-refractivity contribution >= 4 is 21.4 Å². The Morgan fingerprint density at radius 2 is 1.63 bits per heavy atom. The van der Waals surface area contributed by atoms with Gasteiger partial charge in [-0.05, 0) is 35.7 Å². The number of benzene rings is 1. The molecular formula is C14H10F3NS. The van der Waals surface area contributed by atoms with Gasteiger partial charge in [0.25, 0.3) is 0 Å². The van der Waals surface area contributed by atoms with E-state index in [0.717, 1.165) is 6.07 Å². The van der Waals surface area contributed by atoms with Crippen LogP contribution in [0.4, 0.5) is 13.2 Å². The highest BCUT2D eigenvalue weighted by atomic mass is 32.1. The lowest BCUT2D eigenvalue weighted by Gasteiger charge is -2.06. The molecule has 0 bridgehead atoms. The maximum atomic E-state index is 12.4. The van der Waals surface area contributed by atoms with Crippen LogP contribution in [0.1, 0.15) is 5.56 Å². The first-order valence-corrected chi connectivity index (χ1v) is 6.35. The molecule has 0 aliphatic rings. The van der Waals surface area contributed by atoms with Crippen LogP contribution in [0.25, 0.3) is 10.1 Å². The molecule has 0 aliphatic heterocycles. The molecule has 1 aromatic carbocycles. The van der Waals surface area contributed by atoms with E-state index >= 15 is 0 Å². The maximum Gasteiger partial charge on any atom is 0.417 e. The van der Waals surface area contributed by atoms with Gasteiger partial charge in [-0.3, -0.25) is 4.98 Å². The van der Waals surface area contributed by atoms with Crippen LogP contribution in [0, 0.1) is 0 Å². The summed E-state index contributed by atoms with van der Waals surface area (Å²) in [5.41, 5.74) is -0.550. The SMILES string of the molecule is FC(F)(F)c1cccc2sccc12.c1ccncc1. The fourth-order valence-corrected chi connectivity index (χ4v) is 2.37. The van der Waals surface area contributed by atoms with Crippen LogP contribution in [0.3, 0.4) is 0 Å². The molecule has 0 radical (unpaired) electrons. The van der Waals surface area contributed by atoms with Gasteiger partial charge < -0.3 is 0 Å². The Bertz CT molecular complexity index is 605. The largest absolute Gasteiger partial charge is 0.417 e. The molecule has 2 aromatic heterocycles. The number of pyridine rings is 1. The summed E-state index contributed by atoms with van der Waals surface area (Å²) in [6.45, 7) is 0. The third kappa shape index (κ3) is 3.54. The van der Waals surface area contributed by atoms with Crippen LogP contribution in [0.5, 0.6) is 0 Å². The van der Waals surface area contributed by atoms with E-state index < -0.39 is 11.7 Å². The molecule has 0 saturated carbocycles. The molecule has 0 fully saturated rings. The fraction of sp³-hybridized carbons (Fsp3) is 0.0714. The summed E-state index contributed by atoms with van der Waals surface area (Å²) in [5.74, 6) is 0. The lowest BCUT2D eigenvalue weighted by molar-refractivity contribution is -0.136. The van der Waals surface area contributed by atoms with E-state index in [9.17, 15) is 13.2 Å². The van der Waals surface area contributed by atoms with Gasteiger partial charge in [-0.2, -0.15) is 13.2 Å². The van der Waals surface area contributed by atoms with Gasteiger partial charge in [0, 0.05) is 22.5 Å². The number of aromatic nitrogens is 1. The summed E-state index contributed by atoms with van der Waals surface area (Å²) < 4.78 is 37.9. The summed E-state index contributed by atoms with van der Waals surface area (Å²) in [6.07, 6.45) is -0.749. The average Bonchev–Trinajstić information content (AvgIpc) is 2.88. The maximum absolute atomic E-state index is 12.4. The zero-order chi connectivity index (χ0) is 13.7. The van der Waals surface area contributed by atoms with Gasteiger partial charge in [-0.25, -0.2) is 0 Å². The molecule has 2 heterocycles. The minimum absolute atomic E-state index is 0.292. The van der Waals surface area contributed by atoms with E-state index in [1.54, 1.807) is 23.8 Å². The number of alkyl halides is 3. The van der Waals surface area contributed by atoms with E-state index in [1.807, 2.05) is 18.2 Å². The topological polar surface area (TPSA) is 12.9 Å². The number of rotatable bonds is 0. The molecule has 0 spiro atoms. The van der Waals surface area contributed by atoms with Gasteiger partial charge in [0.1, 0.15) is 0 Å². The summed E-state index contributed by atoms with van der Waals surface area (Å²) in [5, 5.41) is 1.96. The molecule has 0 N–H and O–H groups in total. The van der Waals surface area contributed by atoms with E-state index in [1.165, 1.54) is 23.5 Å². The predicted molar refractivity (Wildman–Crippen MR) is 71.1 cm³/mol. The van der Waals surface area contributed by atoms with Crippen molar-refractivity contribution in [3.8, 4) is 0 Å². The average molecular weight is 281 g/mol. The third-order valence-electron chi connectivity index (χ3n) is 2.37. The van der Waals surface area contributed by atoms with Crippen LogP contribution in [0.2, 0.25) is 0 Å². The molecule has 19 heavy (non-hydrogen) atoms. The molecule has 0 saturated heterocycles. The first-order chi connectivity index (χ1) is 9.09. The van der Waals surface area contributed by atoms with Crippen molar-refractivity contribution in [1.29, 1.82) is 0 Å². The molecule has 0 atom stereocenters. The van der Waals surface area contributed by atoms with Gasteiger partial charge >= 0.3 is 6.18 Å². The van der Waals surface area contributed by atoms with Crippen molar-refractivity contribution in [1.82, 2.24) is 4.98 Å². The quantitative estimate of drug-likeness (QED) is 0.565. The fourth-order valence-electron chi connectivity index (χ4n) is 1.55. The monoisotopic (exact) mass is 281 g/mol. The van der Waals surface area contributed by atoms with E-state index in [0.29, 0.717) is 10.1 Å². The van der Waals surface area contributed by atoms with Gasteiger partial charge in [0.2, 0.25) is 0 Å². The van der Waals surface area contributed by atoms with Crippen molar-refractivity contribution < 1.29 is 13.2 Å². The van der Waals surface area contributed by atoms with Crippen molar-refractivity contribution in [3.63, 3.8) is 0 Å². The lowest BCUT2D eigenvalue weighted by Crippen LogP contribution is -2.04. The second-order valence-corrected chi connectivity index (χ2v) is 4.61. The van der Waals surface area contributed by atoms with E-state index in [4.69, 9.17) is 0 Å². The van der Waals surface area contributed by atoms with E-state index in [2.05, 4.69) is 4.98 Å². The molecule has 0 aliphatic carbocycles. The molecule has 0 unspecified atom stereocenters. The van der Waals surface area contributed by atoms with Gasteiger partial charge in [-0.1, -0.05) is 12.1 Å². The van der Waals surface area contributed by atoms with Crippen LogP contribution in [0.15, 0.2) is 60.2 Å². The molecule has 1 nitrogen and oxygen atoms in total. The number of hydrogen-bond donors (Lipinski definition) is 0. The summed E-state index contributed by atoms with van der Waals surface area (Å²) >= 11 is 1.32. The zero-order valence-electron chi connectivity index (χ0n) is 9.76. The Labute approximate surface area is 112 Å². The van der Waals surface area contributed by atoms with Crippen LogP contribution in [-0.4, -0.2) is 4.98 Å². The van der Waals surface area contributed by atoms with E-state index in [-0.39, 0.29) is 0 Å². The molecular weight excluding hydrogens is 271 g/mol. The Kier molecular flexibility index (Phi) is 4.16. The molecule has 0 amide bonds. The summed E-state index contributed by atoms with van der Waals surface area (Å²) in [6, 6.07) is 11.4. The number of fused-ring (bicyclic) bond motifs is 1. The van der Waals surface area contributed by atoms with Crippen LogP contribution >= 0.6 is 11.3 Å². The van der Waals surface area contributed by atoms with Gasteiger partial charge in [0.15, 0.2) is 0 Å². The Morgan fingerprint density at radius 3 is 2.16 bits per heavy atom. The predicted octanol–water partition coefficient (Wildman–Crippen LogP) is 5.00. The minimum Gasteiger partial charge on any atom is -0.265 e. The number of halogens is 3. The number of hydrogen-bond acceptors (Lipinski definition) is 2. The summed E-state index contributed by atoms with van der Waals surface area (Å²) in [4.78, 5) is 3.78. The Hall–Kier alpha value is -1.88. The highest BCUT2D eigenvalue weighted by Gasteiger charge is 2.32. The third-order valence-corrected chi connectivity index (χ3v) is 3.25. The van der Waals surface area contributed by atoms with Crippen LogP contribution in [-0.2, 0) is 6.18 Å². The first kappa shape index (κ1) is 13.5. The van der Waals surface area contributed by atoms with Crippen molar-refractivity contribution in [2.24, 2.45) is 0 Å². The molecule has 3 aromatic rings. The zero-order valence-corrected chi connectivity index (χ0v) is 10.6. The Balaban J connectivity index is 0.000000186. The first-order valence-electron chi connectivity index (χ1n) is 5.47. The smallest absolute Gasteiger partial charge is 0.265 e. The molecule has 5 heteroatoms. The second-order valence-electron chi connectivity index (χ2n) is 3.66. The van der Waals surface area contributed by atoms with Crippen molar-refractivity contribution in [2.45, 2.75) is 6.18 Å². The Morgan fingerprint density at radius 1 is 0.895 bits per heavy atom. The standard InChI is InChI=1S/C9H5F3S.C5H5N/c10-9(11,12)7-2-1-3-8-6(7)4-5-13-8;1-2-4-6-5-3-1/h1-5H;1-5H. The normalized spacial score (nSPS) is 10.9. The molecule has 3 rings (SSSR count). The van der Waals surface area contributed by atoms with Gasteiger partial charge in [0.05, 0.1) is 5.56 Å². The van der Waals surface area contributed by atoms with Crippen molar-refractivity contribution in [3.05, 3.63) is 65.8 Å². The summed E-state index contributed by atoms with van der Waals surface area (Å²) in [7, 11) is 0. The second kappa shape index (κ2) is 5.84. The van der Waals surface area contributed by atoms with Gasteiger partial charge in [-0.15, -0.1) is 11.3 Å². The number of thiophene rings is 1. The van der Waals surface area contributed by atoms with Crippen molar-refractivity contribution in [2.75, 3.05) is 0 Å². The number of nitrogens with zero attached hydrogens (tertiary/aromatic N) is 1. The highest BCUT2D eigenvalue weighted by Crippen LogP contribution is 2.36. The highest BCUT2D eigenvalue weighted by molar-refractivity contribution is 7.17. The van der Waals surface area contributed by atoms with Crippen LogP contribution < -0.4 is 0 Å². The molecule has 98 valence electrons. The lowest BCUT2D eigenvalue weighted by atomic mass is 10.1. The minimum atomic E-state index is -4.25.